The number of hydrogen-bond acceptors (Lipinski definition) is 3. The van der Waals surface area contributed by atoms with Crippen LogP contribution in [0.5, 0.6) is 0 Å². The fourth-order valence-electron chi connectivity index (χ4n) is 0.291. The largest absolute Gasteiger partial charge is 0.514 e. The maximum absolute atomic E-state index is 11.4. The second kappa shape index (κ2) is 3.05. The molecule has 60 valence electrons. The van der Waals surface area contributed by atoms with Crippen LogP contribution >= 0.6 is 0 Å². The molecule has 0 aromatic carbocycles. The number of hydrogen-bond donors (Lipinski definition) is 1. The Kier molecular flexibility index (Phi) is 2.63. The Morgan fingerprint density at radius 2 is 2.00 bits per heavy atom. The van der Waals surface area contributed by atoms with Gasteiger partial charge in [-0.1, -0.05) is 0 Å². The quantitative estimate of drug-likeness (QED) is 0.359. The number of aliphatic hydroxyl groups is 1. The third-order valence-corrected chi connectivity index (χ3v) is 0.752. The van der Waals surface area contributed by atoms with Crippen molar-refractivity contribution in [3.05, 3.63) is 11.8 Å². The second-order valence-corrected chi connectivity index (χ2v) is 1.48. The Morgan fingerprint density at radius 3 is 2.09 bits per heavy atom. The van der Waals surface area contributed by atoms with E-state index in [9.17, 15) is 18.0 Å². The first-order valence-electron chi connectivity index (χ1n) is 2.29. The zero-order valence-electron chi connectivity index (χ0n) is 5.01. The van der Waals surface area contributed by atoms with Gasteiger partial charge in [-0.25, -0.2) is 0 Å². The molecule has 0 radical (unpaired) electrons. The van der Waals surface area contributed by atoms with Gasteiger partial charge in [-0.2, -0.15) is 18.4 Å². The van der Waals surface area contributed by atoms with Crippen LogP contribution in [0.3, 0.4) is 0 Å². The number of Topliss-reactive ketones (excluding diaryl/α,β-unsaturated/α-hetero) is 1. The van der Waals surface area contributed by atoms with Gasteiger partial charge in [0.25, 0.3) is 5.78 Å². The minimum Gasteiger partial charge on any atom is -0.514 e. The van der Waals surface area contributed by atoms with Crippen molar-refractivity contribution >= 4 is 5.78 Å². The highest BCUT2D eigenvalue weighted by Gasteiger charge is 2.41. The third kappa shape index (κ3) is 2.29. The van der Waals surface area contributed by atoms with Gasteiger partial charge in [-0.05, 0) is 0 Å². The smallest absolute Gasteiger partial charge is 0.455 e. The summed E-state index contributed by atoms with van der Waals surface area (Å²) in [5.41, 5.74) is -1.32. The van der Waals surface area contributed by atoms with Crippen molar-refractivity contribution in [2.24, 2.45) is 0 Å². The minimum atomic E-state index is -5.11. The van der Waals surface area contributed by atoms with E-state index in [1.807, 2.05) is 0 Å². The summed E-state index contributed by atoms with van der Waals surface area (Å²) in [5, 5.41) is 15.8. The predicted octanol–water partition coefficient (Wildman–Crippen LogP) is 1.08. The van der Waals surface area contributed by atoms with Gasteiger partial charge in [0.15, 0.2) is 0 Å². The van der Waals surface area contributed by atoms with Crippen LogP contribution in [0.1, 0.15) is 0 Å². The van der Waals surface area contributed by atoms with Crippen molar-refractivity contribution < 1.29 is 23.1 Å². The predicted molar refractivity (Wildman–Crippen MR) is 27.4 cm³/mol. The maximum Gasteiger partial charge on any atom is 0.455 e. The molecule has 0 heterocycles. The van der Waals surface area contributed by atoms with Crippen LogP contribution in [-0.2, 0) is 4.79 Å². The molecule has 0 atom stereocenters. The van der Waals surface area contributed by atoms with E-state index in [0.717, 1.165) is 6.07 Å². The summed E-state index contributed by atoms with van der Waals surface area (Å²) in [6.07, 6.45) is -5.28. The Hall–Kier alpha value is -1.51. The van der Waals surface area contributed by atoms with Crippen molar-refractivity contribution in [3.63, 3.8) is 0 Å². The fourth-order valence-corrected chi connectivity index (χ4v) is 0.291. The molecule has 6 heteroatoms. The second-order valence-electron chi connectivity index (χ2n) is 1.48. The molecule has 0 unspecified atom stereocenters. The van der Waals surface area contributed by atoms with E-state index in [1.54, 1.807) is 0 Å². The third-order valence-electron chi connectivity index (χ3n) is 0.752. The minimum absolute atomic E-state index is 0.171. The molecule has 1 N–H and O–H groups in total. The highest BCUT2D eigenvalue weighted by Crippen LogP contribution is 2.19. The van der Waals surface area contributed by atoms with Gasteiger partial charge >= 0.3 is 6.18 Å². The van der Waals surface area contributed by atoms with Crippen molar-refractivity contribution in [2.75, 3.05) is 0 Å². The summed E-state index contributed by atoms with van der Waals surface area (Å²) in [6.45, 7) is 0. The number of carbonyl (C=O) groups is 1. The lowest BCUT2D eigenvalue weighted by Crippen LogP contribution is -2.23. The number of alkyl halides is 3. The maximum atomic E-state index is 11.4. The lowest BCUT2D eigenvalue weighted by atomic mass is 10.2. The van der Waals surface area contributed by atoms with Gasteiger partial charge in [0, 0.05) is 0 Å². The van der Waals surface area contributed by atoms with Gasteiger partial charge in [-0.3, -0.25) is 4.79 Å². The van der Waals surface area contributed by atoms with E-state index in [4.69, 9.17) is 10.4 Å². The first-order chi connectivity index (χ1) is 4.93. The lowest BCUT2D eigenvalue weighted by Gasteiger charge is -2.00. The molecule has 0 bridgehead atoms. The Balaban J connectivity index is 4.67. The normalized spacial score (nSPS) is 12.4. The highest BCUT2D eigenvalue weighted by atomic mass is 19.4. The zero-order valence-corrected chi connectivity index (χ0v) is 5.01. The standard InChI is InChI=1S/C5H2F3NO2/c6-5(7,8)4(11)3(1-9)2-10/h2,10H. The van der Waals surface area contributed by atoms with Gasteiger partial charge < -0.3 is 5.11 Å². The van der Waals surface area contributed by atoms with Gasteiger partial charge in [-0.15, -0.1) is 0 Å². The Labute approximate surface area is 59.4 Å². The molecule has 3 nitrogen and oxygen atoms in total. The van der Waals surface area contributed by atoms with Gasteiger partial charge in [0.05, 0.1) is 0 Å². The van der Waals surface area contributed by atoms with Crippen LogP contribution in [0.2, 0.25) is 0 Å². The van der Waals surface area contributed by atoms with Crippen LogP contribution in [0.4, 0.5) is 13.2 Å². The van der Waals surface area contributed by atoms with E-state index >= 15 is 0 Å². The van der Waals surface area contributed by atoms with Crippen LogP contribution < -0.4 is 0 Å². The molecule has 0 saturated heterocycles. The Bertz CT molecular complexity index is 235. The van der Waals surface area contributed by atoms with Crippen molar-refractivity contribution in [3.8, 4) is 6.07 Å². The highest BCUT2D eigenvalue weighted by molar-refractivity contribution is 6.02. The fraction of sp³-hybridized carbons (Fsp3) is 0.200. The zero-order chi connectivity index (χ0) is 9.07. The molecular formula is C5H2F3NO2. The van der Waals surface area contributed by atoms with Crippen molar-refractivity contribution in [1.29, 1.82) is 5.26 Å². The molecule has 0 saturated carbocycles. The van der Waals surface area contributed by atoms with Gasteiger partial charge in [0.1, 0.15) is 17.9 Å². The number of ketones is 1. The number of allylic oxidation sites excluding steroid dienone is 1. The number of halogens is 3. The van der Waals surface area contributed by atoms with Crippen LogP contribution in [0.15, 0.2) is 11.8 Å². The molecule has 0 amide bonds. The van der Waals surface area contributed by atoms with E-state index < -0.39 is 17.5 Å². The number of carbonyl (C=O) groups excluding carboxylic acids is 1. The number of nitrogens with zero attached hydrogens (tertiary/aromatic N) is 1. The van der Waals surface area contributed by atoms with Crippen LogP contribution in [0.25, 0.3) is 0 Å². The van der Waals surface area contributed by atoms with Crippen LogP contribution in [-0.4, -0.2) is 17.1 Å². The van der Waals surface area contributed by atoms with E-state index in [2.05, 4.69) is 0 Å². The molecule has 11 heavy (non-hydrogen) atoms. The monoisotopic (exact) mass is 165 g/mol. The molecular weight excluding hydrogens is 163 g/mol. The average Bonchev–Trinajstić information content (AvgIpc) is 1.88. The van der Waals surface area contributed by atoms with Crippen LogP contribution in [0, 0.1) is 11.3 Å². The van der Waals surface area contributed by atoms with E-state index in [-0.39, 0.29) is 6.26 Å². The summed E-state index contributed by atoms with van der Waals surface area (Å²) in [7, 11) is 0. The van der Waals surface area contributed by atoms with E-state index in [0.29, 0.717) is 0 Å². The molecule has 0 aliphatic heterocycles. The summed E-state index contributed by atoms with van der Waals surface area (Å²) >= 11 is 0. The van der Waals surface area contributed by atoms with Gasteiger partial charge in [0.2, 0.25) is 0 Å². The van der Waals surface area contributed by atoms with Crippen molar-refractivity contribution in [2.45, 2.75) is 6.18 Å². The summed E-state index contributed by atoms with van der Waals surface area (Å²) < 4.78 is 34.3. The average molecular weight is 165 g/mol. The molecule has 0 aliphatic rings. The van der Waals surface area contributed by atoms with Crippen molar-refractivity contribution in [1.82, 2.24) is 0 Å². The summed E-state index contributed by atoms with van der Waals surface area (Å²) in [5.74, 6) is -2.34. The molecule has 0 aliphatic carbocycles. The topological polar surface area (TPSA) is 61.1 Å². The molecule has 0 aromatic heterocycles. The molecule has 0 fully saturated rings. The summed E-state index contributed by atoms with van der Waals surface area (Å²) in [4.78, 5) is 10.1. The first kappa shape index (κ1) is 9.49. The lowest BCUT2D eigenvalue weighted by molar-refractivity contribution is -0.166. The summed E-state index contributed by atoms with van der Waals surface area (Å²) in [6, 6.07) is 0.900. The molecule has 0 spiro atoms. The number of aliphatic hydroxyl groups excluding tert-OH is 1. The number of nitriles is 1. The molecule has 0 aromatic rings. The SMILES string of the molecule is N#CC(=CO)C(=O)C(F)(F)F. The number of rotatable bonds is 1. The first-order valence-corrected chi connectivity index (χ1v) is 2.29. The molecule has 0 rings (SSSR count). The van der Waals surface area contributed by atoms with E-state index in [1.165, 1.54) is 0 Å². The Morgan fingerprint density at radius 1 is 1.55 bits per heavy atom.